The van der Waals surface area contributed by atoms with Crippen LogP contribution in [-0.4, -0.2) is 43.6 Å². The van der Waals surface area contributed by atoms with Gasteiger partial charge in [0, 0.05) is 24.7 Å². The maximum Gasteiger partial charge on any atom is 0.263 e. The molecule has 31 heavy (non-hydrogen) atoms. The largest absolute Gasteiger partial charge is 0.354 e. The predicted octanol–water partition coefficient (Wildman–Crippen LogP) is 1.68. The van der Waals surface area contributed by atoms with E-state index in [1.807, 2.05) is 13.8 Å². The number of aliphatic imine (C=N–C) groups is 1. The number of fused-ring (bicyclic) bond motifs is 1. The summed E-state index contributed by atoms with van der Waals surface area (Å²) in [5.41, 5.74) is 1.02. The number of nitrogens with zero attached hydrogens (tertiary/aromatic N) is 2. The lowest BCUT2D eigenvalue weighted by atomic mass is 9.98. The molecule has 0 bridgehead atoms. The van der Waals surface area contributed by atoms with Crippen LogP contribution in [0.5, 0.6) is 0 Å². The Morgan fingerprint density at radius 1 is 1.19 bits per heavy atom. The molecule has 2 amide bonds. The van der Waals surface area contributed by atoms with E-state index in [1.54, 1.807) is 36.5 Å². The van der Waals surface area contributed by atoms with Crippen LogP contribution in [-0.2, 0) is 19.6 Å². The third-order valence-electron chi connectivity index (χ3n) is 4.98. The molecule has 1 aromatic heterocycles. The number of rotatable bonds is 8. The third-order valence-corrected chi connectivity index (χ3v) is 6.38. The Labute approximate surface area is 181 Å². The van der Waals surface area contributed by atoms with Gasteiger partial charge >= 0.3 is 0 Å². The van der Waals surface area contributed by atoms with Crippen LogP contribution in [0.15, 0.2) is 58.7 Å². The normalized spacial score (nSPS) is 17.3. The molecule has 3 rings (SSSR count). The molecule has 164 valence electrons. The first-order valence-corrected chi connectivity index (χ1v) is 11.5. The molecule has 10 heteroatoms. The first-order valence-electron chi connectivity index (χ1n) is 9.99. The summed E-state index contributed by atoms with van der Waals surface area (Å²) in [4.78, 5) is 33.4. The Hall–Kier alpha value is -3.27. The van der Waals surface area contributed by atoms with Crippen LogP contribution in [0.25, 0.3) is 0 Å². The van der Waals surface area contributed by atoms with Crippen LogP contribution in [0.4, 0.5) is 5.69 Å². The van der Waals surface area contributed by atoms with Crippen molar-refractivity contribution in [2.75, 3.05) is 11.9 Å². The molecular formula is C21H25N5O4S. The monoisotopic (exact) mass is 443 g/mol. The van der Waals surface area contributed by atoms with Crippen LogP contribution < -0.4 is 15.4 Å². The summed E-state index contributed by atoms with van der Waals surface area (Å²) in [6.45, 7) is 3.93. The van der Waals surface area contributed by atoms with Crippen molar-refractivity contribution >= 4 is 33.4 Å². The third kappa shape index (κ3) is 5.46. The smallest absolute Gasteiger partial charge is 0.263 e. The van der Waals surface area contributed by atoms with E-state index in [4.69, 9.17) is 0 Å². The summed E-state index contributed by atoms with van der Waals surface area (Å²) in [6, 6.07) is 9.14. The molecule has 3 N–H and O–H groups in total. The summed E-state index contributed by atoms with van der Waals surface area (Å²) in [6.07, 6.45) is 3.89. The molecule has 0 saturated heterocycles. The van der Waals surface area contributed by atoms with E-state index in [9.17, 15) is 18.0 Å². The fourth-order valence-corrected chi connectivity index (χ4v) is 4.34. The van der Waals surface area contributed by atoms with Crippen molar-refractivity contribution in [3.05, 3.63) is 54.4 Å². The quantitative estimate of drug-likeness (QED) is 0.572. The van der Waals surface area contributed by atoms with Crippen LogP contribution in [0.3, 0.4) is 0 Å². The minimum Gasteiger partial charge on any atom is -0.354 e. The number of amides is 2. The highest BCUT2D eigenvalue weighted by Gasteiger charge is 2.33. The van der Waals surface area contributed by atoms with Gasteiger partial charge in [0.25, 0.3) is 10.0 Å². The minimum atomic E-state index is -3.69. The Morgan fingerprint density at radius 2 is 1.97 bits per heavy atom. The maximum atomic E-state index is 12.8. The van der Waals surface area contributed by atoms with E-state index in [0.717, 1.165) is 0 Å². The van der Waals surface area contributed by atoms with Crippen molar-refractivity contribution in [2.45, 2.75) is 37.6 Å². The number of pyridine rings is 1. The standard InChI is InChI=1S/C21H25N5O4S/c1-3-14(2)19(25-20-16-8-4-5-9-17(16)31(29,30)26-20)21(28)23-12-10-18(27)24-15-7-6-11-22-13-15/h4-9,11,13-14,19H,3,10,12H2,1-2H3,(H,23,28)(H,24,27)(H,25,26)/t14-,19-/m0/s1. The molecule has 1 aliphatic rings. The molecule has 0 unspecified atom stereocenters. The van der Waals surface area contributed by atoms with Gasteiger partial charge in [-0.3, -0.25) is 24.3 Å². The minimum absolute atomic E-state index is 0.0832. The second-order valence-electron chi connectivity index (χ2n) is 7.24. The van der Waals surface area contributed by atoms with Gasteiger partial charge in [0.05, 0.1) is 16.8 Å². The SMILES string of the molecule is CC[C@H](C)[C@H](N=C1NS(=O)(=O)c2ccccc21)C(=O)NCCC(=O)Nc1cccnc1. The van der Waals surface area contributed by atoms with E-state index < -0.39 is 16.1 Å². The first-order chi connectivity index (χ1) is 14.8. The molecule has 1 aliphatic heterocycles. The zero-order valence-electron chi connectivity index (χ0n) is 17.3. The summed E-state index contributed by atoms with van der Waals surface area (Å²) in [5.74, 6) is -0.587. The van der Waals surface area contributed by atoms with Gasteiger partial charge in [-0.25, -0.2) is 8.42 Å². The Morgan fingerprint density at radius 3 is 2.68 bits per heavy atom. The Bertz CT molecular complexity index is 1090. The summed E-state index contributed by atoms with van der Waals surface area (Å²) < 4.78 is 27.1. The number of carbonyl (C=O) groups excluding carboxylic acids is 2. The first kappa shape index (κ1) is 22.4. The van der Waals surface area contributed by atoms with E-state index in [-0.39, 0.29) is 41.4 Å². The van der Waals surface area contributed by atoms with Crippen molar-refractivity contribution < 1.29 is 18.0 Å². The maximum absolute atomic E-state index is 12.8. The van der Waals surface area contributed by atoms with Crippen LogP contribution in [0.1, 0.15) is 32.3 Å². The van der Waals surface area contributed by atoms with Crippen molar-refractivity contribution in [2.24, 2.45) is 10.9 Å². The lowest BCUT2D eigenvalue weighted by molar-refractivity contribution is -0.123. The van der Waals surface area contributed by atoms with Crippen molar-refractivity contribution in [1.29, 1.82) is 0 Å². The molecular weight excluding hydrogens is 418 g/mol. The average molecular weight is 444 g/mol. The predicted molar refractivity (Wildman–Crippen MR) is 117 cm³/mol. The Balaban J connectivity index is 1.67. The summed E-state index contributed by atoms with van der Waals surface area (Å²) >= 11 is 0. The molecule has 2 heterocycles. The molecule has 0 radical (unpaired) electrons. The van der Waals surface area contributed by atoms with Crippen LogP contribution in [0, 0.1) is 5.92 Å². The number of benzene rings is 1. The Kier molecular flexibility index (Phi) is 7.01. The van der Waals surface area contributed by atoms with E-state index >= 15 is 0 Å². The van der Waals surface area contributed by atoms with Gasteiger partial charge in [0.1, 0.15) is 11.9 Å². The van der Waals surface area contributed by atoms with Gasteiger partial charge in [0.15, 0.2) is 0 Å². The number of hydrogen-bond acceptors (Lipinski definition) is 6. The number of amidine groups is 1. The van der Waals surface area contributed by atoms with Gasteiger partial charge in [-0.05, 0) is 30.2 Å². The number of sulfonamides is 1. The fraction of sp³-hybridized carbons (Fsp3) is 0.333. The summed E-state index contributed by atoms with van der Waals surface area (Å²) in [5, 5.41) is 5.43. The summed E-state index contributed by atoms with van der Waals surface area (Å²) in [7, 11) is -3.69. The van der Waals surface area contributed by atoms with Crippen LogP contribution in [0.2, 0.25) is 0 Å². The topological polar surface area (TPSA) is 130 Å². The highest BCUT2D eigenvalue weighted by molar-refractivity contribution is 7.90. The molecule has 0 spiro atoms. The second-order valence-corrected chi connectivity index (χ2v) is 8.89. The number of nitrogens with one attached hydrogen (secondary N) is 3. The number of aromatic nitrogens is 1. The molecule has 0 aliphatic carbocycles. The molecule has 0 fully saturated rings. The van der Waals surface area contributed by atoms with E-state index in [1.165, 1.54) is 12.3 Å². The van der Waals surface area contributed by atoms with Gasteiger partial charge in [-0.15, -0.1) is 0 Å². The van der Waals surface area contributed by atoms with Crippen molar-refractivity contribution in [3.8, 4) is 0 Å². The number of hydrogen-bond donors (Lipinski definition) is 3. The van der Waals surface area contributed by atoms with E-state index in [0.29, 0.717) is 17.7 Å². The van der Waals surface area contributed by atoms with Gasteiger partial charge in [-0.1, -0.05) is 32.4 Å². The van der Waals surface area contributed by atoms with Gasteiger partial charge < -0.3 is 10.6 Å². The fourth-order valence-electron chi connectivity index (χ4n) is 3.10. The average Bonchev–Trinajstić information content (AvgIpc) is 3.02. The molecule has 0 saturated carbocycles. The lowest BCUT2D eigenvalue weighted by Crippen LogP contribution is -2.40. The van der Waals surface area contributed by atoms with Gasteiger partial charge in [0.2, 0.25) is 11.8 Å². The highest BCUT2D eigenvalue weighted by atomic mass is 32.2. The molecule has 2 atom stereocenters. The van der Waals surface area contributed by atoms with Gasteiger partial charge in [-0.2, -0.15) is 0 Å². The zero-order valence-corrected chi connectivity index (χ0v) is 18.1. The van der Waals surface area contributed by atoms with Crippen molar-refractivity contribution in [3.63, 3.8) is 0 Å². The van der Waals surface area contributed by atoms with Crippen LogP contribution >= 0.6 is 0 Å². The molecule has 1 aromatic carbocycles. The molecule has 2 aromatic rings. The van der Waals surface area contributed by atoms with E-state index in [2.05, 4.69) is 25.3 Å². The van der Waals surface area contributed by atoms with Crippen molar-refractivity contribution in [1.82, 2.24) is 15.0 Å². The number of carbonyl (C=O) groups is 2. The highest BCUT2D eigenvalue weighted by Crippen LogP contribution is 2.24. The molecule has 9 nitrogen and oxygen atoms in total. The zero-order chi connectivity index (χ0) is 22.4. The number of anilines is 1. The second kappa shape index (κ2) is 9.69. The lowest BCUT2D eigenvalue weighted by Gasteiger charge is -2.19.